The summed E-state index contributed by atoms with van der Waals surface area (Å²) < 4.78 is 1.78. The van der Waals surface area contributed by atoms with E-state index < -0.39 is 5.97 Å². The molecule has 0 spiro atoms. The van der Waals surface area contributed by atoms with E-state index in [0.29, 0.717) is 12.2 Å². The van der Waals surface area contributed by atoms with Crippen LogP contribution in [-0.4, -0.2) is 30.7 Å². The van der Waals surface area contributed by atoms with Gasteiger partial charge in [-0.05, 0) is 12.0 Å². The first-order valence-electron chi connectivity index (χ1n) is 5.03. The third kappa shape index (κ3) is 2.16. The van der Waals surface area contributed by atoms with Crippen LogP contribution in [0.2, 0.25) is 0 Å². The van der Waals surface area contributed by atoms with Crippen molar-refractivity contribution < 1.29 is 9.90 Å². The third-order valence-corrected chi connectivity index (χ3v) is 2.31. The van der Waals surface area contributed by atoms with Crippen LogP contribution in [0.25, 0.3) is 5.78 Å². The largest absolute Gasteiger partial charge is 0.481 e. The van der Waals surface area contributed by atoms with E-state index in [1.807, 2.05) is 13.1 Å². The van der Waals surface area contributed by atoms with Crippen molar-refractivity contribution in [1.29, 1.82) is 0 Å². The van der Waals surface area contributed by atoms with Crippen LogP contribution < -0.4 is 0 Å². The molecule has 2 aromatic heterocycles. The summed E-state index contributed by atoms with van der Waals surface area (Å²) in [5.74, 6) is 0.529. The lowest BCUT2D eigenvalue weighted by atomic mass is 10.0. The monoisotopic (exact) mass is 220 g/mol. The minimum atomic E-state index is -0.792. The van der Waals surface area contributed by atoms with Crippen molar-refractivity contribution in [2.24, 2.45) is 5.92 Å². The molecular weight excluding hydrogens is 208 g/mol. The van der Waals surface area contributed by atoms with Gasteiger partial charge in [-0.15, -0.1) is 10.2 Å². The van der Waals surface area contributed by atoms with Crippen LogP contribution >= 0.6 is 0 Å². The molecule has 0 aliphatic heterocycles. The molecule has 0 aliphatic carbocycles. The Kier molecular flexibility index (Phi) is 2.80. The van der Waals surface area contributed by atoms with Gasteiger partial charge in [0.25, 0.3) is 5.78 Å². The molecule has 1 N–H and O–H groups in total. The molecule has 0 aliphatic rings. The van der Waals surface area contributed by atoms with Gasteiger partial charge in [0.05, 0.1) is 0 Å². The molecule has 2 aromatic rings. The number of fused-ring (bicyclic) bond motifs is 1. The first kappa shape index (κ1) is 10.5. The second kappa shape index (κ2) is 4.26. The zero-order chi connectivity index (χ0) is 11.5. The Balaban J connectivity index is 2.18. The zero-order valence-electron chi connectivity index (χ0n) is 8.87. The Morgan fingerprint density at radius 2 is 2.38 bits per heavy atom. The molecule has 6 heteroatoms. The van der Waals surface area contributed by atoms with Gasteiger partial charge in [0.1, 0.15) is 5.82 Å². The van der Waals surface area contributed by atoms with Gasteiger partial charge >= 0.3 is 5.97 Å². The molecule has 0 saturated heterocycles. The Hall–Kier alpha value is -1.98. The van der Waals surface area contributed by atoms with Crippen molar-refractivity contribution in [3.63, 3.8) is 0 Å². The van der Waals surface area contributed by atoms with Gasteiger partial charge in [-0.25, -0.2) is 4.98 Å². The molecule has 1 atom stereocenters. The van der Waals surface area contributed by atoms with Gasteiger partial charge in [0, 0.05) is 25.2 Å². The SMILES string of the molecule is CC(CC(=O)O)Cc1nnc2ncccn12. The number of hydrogen-bond donors (Lipinski definition) is 1. The average molecular weight is 220 g/mol. The van der Waals surface area contributed by atoms with Crippen molar-refractivity contribution in [2.75, 3.05) is 0 Å². The summed E-state index contributed by atoms with van der Waals surface area (Å²) in [4.78, 5) is 14.6. The number of aliphatic carboxylic acids is 1. The predicted octanol–water partition coefficient (Wildman–Crippen LogP) is 0.778. The first-order valence-corrected chi connectivity index (χ1v) is 5.03. The second-order valence-corrected chi connectivity index (χ2v) is 3.81. The zero-order valence-corrected chi connectivity index (χ0v) is 8.87. The highest BCUT2D eigenvalue weighted by atomic mass is 16.4. The highest BCUT2D eigenvalue weighted by molar-refractivity contribution is 5.66. The molecule has 0 saturated carbocycles. The molecule has 16 heavy (non-hydrogen) atoms. The number of carboxylic acid groups (broad SMARTS) is 1. The molecule has 1 unspecified atom stereocenters. The number of aromatic nitrogens is 4. The fraction of sp³-hybridized carbons (Fsp3) is 0.400. The summed E-state index contributed by atoms with van der Waals surface area (Å²) in [6.07, 6.45) is 4.19. The molecule has 0 radical (unpaired) electrons. The fourth-order valence-electron chi connectivity index (χ4n) is 1.61. The number of carboxylic acids is 1. The van der Waals surface area contributed by atoms with Gasteiger partial charge in [-0.3, -0.25) is 9.20 Å². The van der Waals surface area contributed by atoms with E-state index in [4.69, 9.17) is 5.11 Å². The lowest BCUT2D eigenvalue weighted by molar-refractivity contribution is -0.137. The Labute approximate surface area is 92.0 Å². The lowest BCUT2D eigenvalue weighted by Gasteiger charge is -2.06. The van der Waals surface area contributed by atoms with E-state index in [1.54, 1.807) is 16.7 Å². The van der Waals surface area contributed by atoms with Gasteiger partial charge in [0.2, 0.25) is 0 Å². The fourth-order valence-corrected chi connectivity index (χ4v) is 1.61. The van der Waals surface area contributed by atoms with Crippen molar-refractivity contribution in [2.45, 2.75) is 19.8 Å². The minimum Gasteiger partial charge on any atom is -0.481 e. The maximum absolute atomic E-state index is 10.5. The third-order valence-electron chi connectivity index (χ3n) is 2.31. The van der Waals surface area contributed by atoms with Crippen LogP contribution in [-0.2, 0) is 11.2 Å². The second-order valence-electron chi connectivity index (χ2n) is 3.81. The summed E-state index contributed by atoms with van der Waals surface area (Å²) in [5, 5.41) is 16.6. The number of rotatable bonds is 4. The van der Waals surface area contributed by atoms with Gasteiger partial charge < -0.3 is 5.11 Å². The maximum Gasteiger partial charge on any atom is 0.303 e. The normalized spacial score (nSPS) is 12.8. The van der Waals surface area contributed by atoms with E-state index in [9.17, 15) is 4.79 Å². The van der Waals surface area contributed by atoms with Crippen molar-refractivity contribution in [3.05, 3.63) is 24.3 Å². The number of nitrogens with zero attached hydrogens (tertiary/aromatic N) is 4. The molecule has 84 valence electrons. The van der Waals surface area contributed by atoms with Crippen molar-refractivity contribution >= 4 is 11.7 Å². The standard InChI is InChI=1S/C10H12N4O2/c1-7(6-9(15)16)5-8-12-13-10-11-3-2-4-14(8)10/h2-4,7H,5-6H2,1H3,(H,15,16). The Bertz CT molecular complexity index is 508. The molecule has 0 amide bonds. The number of carbonyl (C=O) groups is 1. The molecule has 2 rings (SSSR count). The highest BCUT2D eigenvalue weighted by Crippen LogP contribution is 2.10. The van der Waals surface area contributed by atoms with Crippen molar-refractivity contribution in [3.8, 4) is 0 Å². The van der Waals surface area contributed by atoms with Crippen LogP contribution in [0, 0.1) is 5.92 Å². The van der Waals surface area contributed by atoms with Gasteiger partial charge in [0.15, 0.2) is 0 Å². The average Bonchev–Trinajstić information content (AvgIpc) is 2.61. The van der Waals surface area contributed by atoms with E-state index in [2.05, 4.69) is 15.2 Å². The summed E-state index contributed by atoms with van der Waals surface area (Å²) in [7, 11) is 0. The Morgan fingerprint density at radius 1 is 1.56 bits per heavy atom. The predicted molar refractivity (Wildman–Crippen MR) is 55.9 cm³/mol. The van der Waals surface area contributed by atoms with Crippen LogP contribution in [0.5, 0.6) is 0 Å². The summed E-state index contributed by atoms with van der Waals surface area (Å²) in [6.45, 7) is 1.88. The molecule has 2 heterocycles. The first-order chi connectivity index (χ1) is 7.66. The van der Waals surface area contributed by atoms with E-state index in [-0.39, 0.29) is 12.3 Å². The smallest absolute Gasteiger partial charge is 0.303 e. The van der Waals surface area contributed by atoms with Crippen LogP contribution in [0.1, 0.15) is 19.2 Å². The van der Waals surface area contributed by atoms with Crippen LogP contribution in [0.4, 0.5) is 0 Å². The minimum absolute atomic E-state index is 0.0325. The maximum atomic E-state index is 10.5. The Morgan fingerprint density at radius 3 is 3.12 bits per heavy atom. The lowest BCUT2D eigenvalue weighted by Crippen LogP contribution is -2.09. The topological polar surface area (TPSA) is 80.4 Å². The molecule has 0 fully saturated rings. The number of hydrogen-bond acceptors (Lipinski definition) is 4. The van der Waals surface area contributed by atoms with E-state index in [1.165, 1.54) is 0 Å². The highest BCUT2D eigenvalue weighted by Gasteiger charge is 2.13. The molecular formula is C10H12N4O2. The summed E-state index contributed by atoms with van der Waals surface area (Å²) in [6, 6.07) is 1.79. The molecule has 6 nitrogen and oxygen atoms in total. The molecule has 0 aromatic carbocycles. The van der Waals surface area contributed by atoms with E-state index >= 15 is 0 Å². The summed E-state index contributed by atoms with van der Waals surface area (Å²) in [5.41, 5.74) is 0. The molecule has 0 bridgehead atoms. The van der Waals surface area contributed by atoms with Gasteiger partial charge in [-0.1, -0.05) is 6.92 Å². The van der Waals surface area contributed by atoms with Crippen LogP contribution in [0.15, 0.2) is 18.5 Å². The van der Waals surface area contributed by atoms with Crippen molar-refractivity contribution in [1.82, 2.24) is 19.6 Å². The van der Waals surface area contributed by atoms with Crippen LogP contribution in [0.3, 0.4) is 0 Å². The van der Waals surface area contributed by atoms with Gasteiger partial charge in [-0.2, -0.15) is 0 Å². The summed E-state index contributed by atoms with van der Waals surface area (Å²) >= 11 is 0. The van der Waals surface area contributed by atoms with E-state index in [0.717, 1.165) is 5.82 Å². The quantitative estimate of drug-likeness (QED) is 0.823.